The normalized spacial score (nSPS) is 12.4. The quantitative estimate of drug-likeness (QED) is 0.828. The Labute approximate surface area is 127 Å². The van der Waals surface area contributed by atoms with Crippen molar-refractivity contribution in [2.24, 2.45) is 0 Å². The number of hydrogen-bond donors (Lipinski definition) is 1. The van der Waals surface area contributed by atoms with Crippen molar-refractivity contribution < 1.29 is 13.5 Å². The Hall–Kier alpha value is -1.65. The van der Waals surface area contributed by atoms with Gasteiger partial charge in [-0.15, -0.1) is 0 Å². The molecule has 0 aliphatic carbocycles. The number of ether oxygens (including phenoxy) is 1. The molecule has 2 aromatic carbocycles. The van der Waals surface area contributed by atoms with Gasteiger partial charge in [0.05, 0.1) is 0 Å². The highest BCUT2D eigenvalue weighted by Crippen LogP contribution is 2.26. The molecular weight excluding hydrogens is 296 g/mol. The standard InChI is InChI=1S/C16H16ClF2NO/c1-11(20-10-12-6-8-13(17)9-7-12)14-4-2-3-5-15(14)21-16(18)19/h2-9,11,16,20H,10H2,1H3. The molecule has 0 saturated carbocycles. The zero-order chi connectivity index (χ0) is 15.2. The van der Waals surface area contributed by atoms with Crippen molar-refractivity contribution in [3.8, 4) is 5.75 Å². The van der Waals surface area contributed by atoms with Crippen LogP contribution in [0.15, 0.2) is 48.5 Å². The van der Waals surface area contributed by atoms with E-state index in [1.807, 2.05) is 31.2 Å². The minimum atomic E-state index is -2.82. The molecule has 0 saturated heterocycles. The first kappa shape index (κ1) is 15.7. The van der Waals surface area contributed by atoms with Crippen molar-refractivity contribution in [1.29, 1.82) is 0 Å². The Morgan fingerprint density at radius 1 is 1.10 bits per heavy atom. The lowest BCUT2D eigenvalue weighted by atomic mass is 10.1. The van der Waals surface area contributed by atoms with Crippen LogP contribution in [-0.2, 0) is 6.54 Å². The Bertz CT molecular complexity index is 575. The molecule has 0 bridgehead atoms. The van der Waals surface area contributed by atoms with Gasteiger partial charge in [0.2, 0.25) is 0 Å². The molecule has 0 fully saturated rings. The summed E-state index contributed by atoms with van der Waals surface area (Å²) in [5, 5.41) is 3.96. The van der Waals surface area contributed by atoms with Gasteiger partial charge in [-0.25, -0.2) is 0 Å². The van der Waals surface area contributed by atoms with Crippen LogP contribution in [0.4, 0.5) is 8.78 Å². The topological polar surface area (TPSA) is 21.3 Å². The highest BCUT2D eigenvalue weighted by atomic mass is 35.5. The number of hydrogen-bond acceptors (Lipinski definition) is 2. The molecule has 112 valence electrons. The van der Waals surface area contributed by atoms with Crippen LogP contribution in [0, 0.1) is 0 Å². The zero-order valence-corrected chi connectivity index (χ0v) is 12.3. The van der Waals surface area contributed by atoms with Crippen molar-refractivity contribution in [3.63, 3.8) is 0 Å². The van der Waals surface area contributed by atoms with Gasteiger partial charge in [0.15, 0.2) is 0 Å². The Morgan fingerprint density at radius 3 is 2.43 bits per heavy atom. The third kappa shape index (κ3) is 4.69. The van der Waals surface area contributed by atoms with Crippen LogP contribution in [0.25, 0.3) is 0 Å². The summed E-state index contributed by atoms with van der Waals surface area (Å²) in [6.45, 7) is -0.306. The largest absolute Gasteiger partial charge is 0.434 e. The lowest BCUT2D eigenvalue weighted by molar-refractivity contribution is -0.0506. The smallest absolute Gasteiger partial charge is 0.387 e. The van der Waals surface area contributed by atoms with Crippen molar-refractivity contribution in [3.05, 3.63) is 64.7 Å². The second-order valence-corrected chi connectivity index (χ2v) is 5.08. The van der Waals surface area contributed by atoms with Crippen molar-refractivity contribution in [2.45, 2.75) is 26.1 Å². The summed E-state index contributed by atoms with van der Waals surface area (Å²) in [6.07, 6.45) is 0. The molecule has 2 rings (SSSR count). The summed E-state index contributed by atoms with van der Waals surface area (Å²) in [7, 11) is 0. The molecular formula is C16H16ClF2NO. The molecule has 2 nitrogen and oxygen atoms in total. The van der Waals surface area contributed by atoms with Crippen molar-refractivity contribution in [1.82, 2.24) is 5.32 Å². The number of rotatable bonds is 6. The lowest BCUT2D eigenvalue weighted by Gasteiger charge is -2.18. The van der Waals surface area contributed by atoms with Crippen LogP contribution in [0.5, 0.6) is 5.75 Å². The second-order valence-electron chi connectivity index (χ2n) is 4.65. The van der Waals surface area contributed by atoms with Crippen molar-refractivity contribution >= 4 is 11.6 Å². The fourth-order valence-corrected chi connectivity index (χ4v) is 2.15. The summed E-state index contributed by atoms with van der Waals surface area (Å²) in [5.41, 5.74) is 1.77. The first-order valence-electron chi connectivity index (χ1n) is 6.58. The number of halogens is 3. The zero-order valence-electron chi connectivity index (χ0n) is 11.5. The van der Waals surface area contributed by atoms with E-state index in [1.54, 1.807) is 24.3 Å². The third-order valence-corrected chi connectivity index (χ3v) is 3.38. The molecule has 0 aromatic heterocycles. The van der Waals surface area contributed by atoms with E-state index in [2.05, 4.69) is 10.1 Å². The first-order chi connectivity index (χ1) is 10.1. The van der Waals surface area contributed by atoms with Gasteiger partial charge in [0.1, 0.15) is 5.75 Å². The summed E-state index contributed by atoms with van der Waals surface area (Å²) < 4.78 is 29.3. The van der Waals surface area contributed by atoms with Gasteiger partial charge in [-0.1, -0.05) is 41.9 Å². The van der Waals surface area contributed by atoms with Crippen LogP contribution < -0.4 is 10.1 Å². The van der Waals surface area contributed by atoms with Crippen LogP contribution in [0.3, 0.4) is 0 Å². The summed E-state index contributed by atoms with van der Waals surface area (Å²) >= 11 is 5.83. The molecule has 0 aliphatic heterocycles. The molecule has 0 aliphatic rings. The molecule has 21 heavy (non-hydrogen) atoms. The molecule has 1 N–H and O–H groups in total. The molecule has 2 aromatic rings. The monoisotopic (exact) mass is 311 g/mol. The van der Waals surface area contributed by atoms with E-state index in [0.717, 1.165) is 5.56 Å². The Balaban J connectivity index is 2.03. The molecule has 0 heterocycles. The highest BCUT2D eigenvalue weighted by molar-refractivity contribution is 6.30. The van der Waals surface area contributed by atoms with E-state index >= 15 is 0 Å². The molecule has 5 heteroatoms. The van der Waals surface area contributed by atoms with Crippen LogP contribution in [-0.4, -0.2) is 6.61 Å². The Morgan fingerprint density at radius 2 is 1.76 bits per heavy atom. The van der Waals surface area contributed by atoms with Gasteiger partial charge in [-0.3, -0.25) is 0 Å². The maximum Gasteiger partial charge on any atom is 0.387 e. The van der Waals surface area contributed by atoms with Gasteiger partial charge < -0.3 is 10.1 Å². The van der Waals surface area contributed by atoms with E-state index in [-0.39, 0.29) is 11.8 Å². The van der Waals surface area contributed by atoms with Gasteiger partial charge in [0.25, 0.3) is 0 Å². The van der Waals surface area contributed by atoms with Crippen LogP contribution in [0.2, 0.25) is 5.02 Å². The molecule has 0 spiro atoms. The number of alkyl halides is 2. The predicted octanol–water partition coefficient (Wildman–Crippen LogP) is 4.79. The molecule has 0 amide bonds. The van der Waals surface area contributed by atoms with Gasteiger partial charge >= 0.3 is 6.61 Å². The number of nitrogens with one attached hydrogen (secondary N) is 1. The van der Waals surface area contributed by atoms with Crippen molar-refractivity contribution in [2.75, 3.05) is 0 Å². The minimum absolute atomic E-state index is 0.115. The van der Waals surface area contributed by atoms with Crippen LogP contribution in [0.1, 0.15) is 24.1 Å². The third-order valence-electron chi connectivity index (χ3n) is 3.13. The maximum absolute atomic E-state index is 12.4. The van der Waals surface area contributed by atoms with Gasteiger partial charge in [-0.2, -0.15) is 8.78 Å². The van der Waals surface area contributed by atoms with Gasteiger partial charge in [-0.05, 0) is 30.7 Å². The minimum Gasteiger partial charge on any atom is -0.434 e. The highest BCUT2D eigenvalue weighted by Gasteiger charge is 2.14. The second kappa shape index (κ2) is 7.38. The van der Waals surface area contributed by atoms with Crippen LogP contribution >= 0.6 is 11.6 Å². The molecule has 1 unspecified atom stereocenters. The predicted molar refractivity (Wildman–Crippen MR) is 79.8 cm³/mol. The fraction of sp³-hybridized carbons (Fsp3) is 0.250. The maximum atomic E-state index is 12.4. The Kier molecular flexibility index (Phi) is 5.53. The summed E-state index contributed by atoms with van der Waals surface area (Å²) in [5.74, 6) is 0.198. The number of benzene rings is 2. The SMILES string of the molecule is CC(NCc1ccc(Cl)cc1)c1ccccc1OC(F)F. The van der Waals surface area contributed by atoms with E-state index in [1.165, 1.54) is 0 Å². The van der Waals surface area contributed by atoms with E-state index in [9.17, 15) is 8.78 Å². The average Bonchev–Trinajstić information content (AvgIpc) is 2.46. The van der Waals surface area contributed by atoms with E-state index in [0.29, 0.717) is 17.1 Å². The van der Waals surface area contributed by atoms with E-state index in [4.69, 9.17) is 11.6 Å². The lowest BCUT2D eigenvalue weighted by Crippen LogP contribution is -2.19. The average molecular weight is 312 g/mol. The molecule has 0 radical (unpaired) electrons. The first-order valence-corrected chi connectivity index (χ1v) is 6.95. The summed E-state index contributed by atoms with van der Waals surface area (Å²) in [6, 6.07) is 14.2. The van der Waals surface area contributed by atoms with Gasteiger partial charge in [0, 0.05) is 23.2 Å². The fourth-order valence-electron chi connectivity index (χ4n) is 2.02. The van der Waals surface area contributed by atoms with E-state index < -0.39 is 6.61 Å². The molecule has 1 atom stereocenters. The summed E-state index contributed by atoms with van der Waals surface area (Å²) in [4.78, 5) is 0. The number of para-hydroxylation sites is 1.